The highest BCUT2D eigenvalue weighted by molar-refractivity contribution is 5.79. The van der Waals surface area contributed by atoms with Gasteiger partial charge in [-0.3, -0.25) is 9.67 Å². The SMILES string of the molecule is CCNC(=NCCCn1nc(C)cc1C)NCCCN(C)C1CCCCC1. The molecule has 6 heteroatoms. The van der Waals surface area contributed by atoms with Crippen LogP contribution in [-0.2, 0) is 6.54 Å². The van der Waals surface area contributed by atoms with E-state index in [1.54, 1.807) is 0 Å². The molecule has 0 unspecified atom stereocenters. The van der Waals surface area contributed by atoms with E-state index in [4.69, 9.17) is 4.99 Å². The van der Waals surface area contributed by atoms with E-state index in [-0.39, 0.29) is 0 Å². The highest BCUT2D eigenvalue weighted by Gasteiger charge is 2.17. The van der Waals surface area contributed by atoms with Gasteiger partial charge in [0, 0.05) is 37.9 Å². The van der Waals surface area contributed by atoms with Crippen molar-refractivity contribution >= 4 is 5.96 Å². The Morgan fingerprint density at radius 1 is 1.22 bits per heavy atom. The number of guanidine groups is 1. The molecule has 6 nitrogen and oxygen atoms in total. The zero-order valence-corrected chi connectivity index (χ0v) is 17.9. The molecule has 27 heavy (non-hydrogen) atoms. The van der Waals surface area contributed by atoms with Crippen LogP contribution in [0.4, 0.5) is 0 Å². The van der Waals surface area contributed by atoms with Crippen LogP contribution in [-0.4, -0.2) is 59.9 Å². The third-order valence-corrected chi connectivity index (χ3v) is 5.42. The van der Waals surface area contributed by atoms with Gasteiger partial charge in [0.25, 0.3) is 0 Å². The van der Waals surface area contributed by atoms with Gasteiger partial charge in [0.05, 0.1) is 5.69 Å². The van der Waals surface area contributed by atoms with E-state index in [0.717, 1.165) is 63.3 Å². The van der Waals surface area contributed by atoms with Crippen LogP contribution in [0.5, 0.6) is 0 Å². The number of hydrogen-bond donors (Lipinski definition) is 2. The van der Waals surface area contributed by atoms with Crippen molar-refractivity contribution in [1.82, 2.24) is 25.3 Å². The maximum atomic E-state index is 4.71. The van der Waals surface area contributed by atoms with Crippen LogP contribution in [0, 0.1) is 13.8 Å². The maximum absolute atomic E-state index is 4.71. The van der Waals surface area contributed by atoms with Crippen molar-refractivity contribution in [2.45, 2.75) is 78.3 Å². The first-order valence-electron chi connectivity index (χ1n) is 10.8. The van der Waals surface area contributed by atoms with Gasteiger partial charge in [0.2, 0.25) is 0 Å². The Balaban J connectivity index is 1.64. The van der Waals surface area contributed by atoms with E-state index in [9.17, 15) is 0 Å². The normalized spacial score (nSPS) is 16.1. The van der Waals surface area contributed by atoms with Gasteiger partial charge in [-0.25, -0.2) is 0 Å². The molecule has 0 amide bonds. The molecule has 2 N–H and O–H groups in total. The summed E-state index contributed by atoms with van der Waals surface area (Å²) >= 11 is 0. The van der Waals surface area contributed by atoms with Crippen LogP contribution in [0.2, 0.25) is 0 Å². The fraction of sp³-hybridized carbons (Fsp3) is 0.810. The molecule has 1 fully saturated rings. The van der Waals surface area contributed by atoms with Crippen molar-refractivity contribution in [1.29, 1.82) is 0 Å². The van der Waals surface area contributed by atoms with Gasteiger partial charge >= 0.3 is 0 Å². The van der Waals surface area contributed by atoms with Crippen LogP contribution in [0.3, 0.4) is 0 Å². The molecule has 0 radical (unpaired) electrons. The monoisotopic (exact) mass is 376 g/mol. The Hall–Kier alpha value is -1.56. The second-order valence-corrected chi connectivity index (χ2v) is 7.82. The molecule has 0 saturated heterocycles. The minimum Gasteiger partial charge on any atom is -0.357 e. The lowest BCUT2D eigenvalue weighted by atomic mass is 9.94. The second kappa shape index (κ2) is 12.0. The van der Waals surface area contributed by atoms with Gasteiger partial charge in [-0.05, 0) is 66.1 Å². The number of nitrogens with zero attached hydrogens (tertiary/aromatic N) is 4. The molecule has 154 valence electrons. The third-order valence-electron chi connectivity index (χ3n) is 5.42. The Bertz CT molecular complexity index is 559. The van der Waals surface area contributed by atoms with Crippen molar-refractivity contribution in [2.75, 3.05) is 33.2 Å². The summed E-state index contributed by atoms with van der Waals surface area (Å²) in [5.41, 5.74) is 2.31. The molecular weight excluding hydrogens is 336 g/mol. The molecule has 0 aromatic carbocycles. The number of hydrogen-bond acceptors (Lipinski definition) is 3. The number of aryl methyl sites for hydroxylation is 3. The summed E-state index contributed by atoms with van der Waals surface area (Å²) in [6.07, 6.45) is 9.15. The predicted octanol–water partition coefficient (Wildman–Crippen LogP) is 3.10. The molecule has 0 bridgehead atoms. The van der Waals surface area contributed by atoms with Gasteiger partial charge in [0.15, 0.2) is 5.96 Å². The average molecular weight is 377 g/mol. The molecule has 1 aliphatic carbocycles. The van der Waals surface area contributed by atoms with E-state index in [1.165, 1.54) is 37.8 Å². The van der Waals surface area contributed by atoms with Gasteiger partial charge in [-0.1, -0.05) is 19.3 Å². The van der Waals surface area contributed by atoms with Crippen LogP contribution in [0.25, 0.3) is 0 Å². The quantitative estimate of drug-likeness (QED) is 0.374. The summed E-state index contributed by atoms with van der Waals surface area (Å²) in [6.45, 7) is 11.0. The van der Waals surface area contributed by atoms with E-state index < -0.39 is 0 Å². The van der Waals surface area contributed by atoms with Crippen molar-refractivity contribution in [3.05, 3.63) is 17.5 Å². The summed E-state index contributed by atoms with van der Waals surface area (Å²) in [7, 11) is 2.29. The summed E-state index contributed by atoms with van der Waals surface area (Å²) in [5, 5.41) is 11.3. The molecular formula is C21H40N6. The second-order valence-electron chi connectivity index (χ2n) is 7.82. The molecule has 1 aliphatic rings. The van der Waals surface area contributed by atoms with Crippen LogP contribution in [0.1, 0.15) is 63.3 Å². The molecule has 1 aromatic heterocycles. The van der Waals surface area contributed by atoms with Crippen LogP contribution < -0.4 is 10.6 Å². The van der Waals surface area contributed by atoms with E-state index in [0.29, 0.717) is 0 Å². The van der Waals surface area contributed by atoms with Crippen molar-refractivity contribution in [2.24, 2.45) is 4.99 Å². The number of aromatic nitrogens is 2. The fourth-order valence-electron chi connectivity index (χ4n) is 3.89. The maximum Gasteiger partial charge on any atom is 0.191 e. The molecule has 0 atom stereocenters. The first-order chi connectivity index (χ1) is 13.1. The largest absolute Gasteiger partial charge is 0.357 e. The summed E-state index contributed by atoms with van der Waals surface area (Å²) in [5.74, 6) is 0.936. The average Bonchev–Trinajstić information content (AvgIpc) is 2.99. The van der Waals surface area contributed by atoms with Crippen molar-refractivity contribution < 1.29 is 0 Å². The van der Waals surface area contributed by atoms with Crippen LogP contribution >= 0.6 is 0 Å². The number of aliphatic imine (C=N–C) groups is 1. The lowest BCUT2D eigenvalue weighted by molar-refractivity contribution is 0.190. The highest BCUT2D eigenvalue weighted by Crippen LogP contribution is 2.21. The molecule has 1 heterocycles. The van der Waals surface area contributed by atoms with Crippen molar-refractivity contribution in [3.63, 3.8) is 0 Å². The first-order valence-corrected chi connectivity index (χ1v) is 10.8. The zero-order valence-electron chi connectivity index (χ0n) is 17.9. The molecule has 0 aliphatic heterocycles. The van der Waals surface area contributed by atoms with Gasteiger partial charge in [-0.15, -0.1) is 0 Å². The van der Waals surface area contributed by atoms with Gasteiger partial charge < -0.3 is 15.5 Å². The standard InChI is InChI=1S/C21H40N6/c1-5-22-21(24-14-10-16-27-19(3)17-18(2)25-27)23-13-9-15-26(4)20-11-7-6-8-12-20/h17,20H,5-16H2,1-4H3,(H2,22,23,24). The Morgan fingerprint density at radius 3 is 2.67 bits per heavy atom. The predicted molar refractivity (Wildman–Crippen MR) is 114 cm³/mol. The topological polar surface area (TPSA) is 57.5 Å². The first kappa shape index (κ1) is 21.7. The minimum atomic E-state index is 0.801. The zero-order chi connectivity index (χ0) is 19.5. The molecule has 1 aromatic rings. The lowest BCUT2D eigenvalue weighted by Gasteiger charge is -2.31. The van der Waals surface area contributed by atoms with E-state index >= 15 is 0 Å². The summed E-state index contributed by atoms with van der Waals surface area (Å²) in [6, 6.07) is 2.93. The number of rotatable bonds is 10. The Labute approximate surface area is 165 Å². The molecule has 0 spiro atoms. The molecule has 2 rings (SSSR count). The smallest absolute Gasteiger partial charge is 0.191 e. The summed E-state index contributed by atoms with van der Waals surface area (Å²) < 4.78 is 2.08. The Morgan fingerprint density at radius 2 is 2.00 bits per heavy atom. The minimum absolute atomic E-state index is 0.801. The van der Waals surface area contributed by atoms with E-state index in [2.05, 4.69) is 52.3 Å². The highest BCUT2D eigenvalue weighted by atomic mass is 15.3. The summed E-state index contributed by atoms with van der Waals surface area (Å²) in [4.78, 5) is 7.27. The third kappa shape index (κ3) is 7.91. The van der Waals surface area contributed by atoms with Crippen LogP contribution in [0.15, 0.2) is 11.1 Å². The van der Waals surface area contributed by atoms with Crippen molar-refractivity contribution in [3.8, 4) is 0 Å². The van der Waals surface area contributed by atoms with E-state index in [1.807, 2.05) is 6.92 Å². The molecule has 1 saturated carbocycles. The Kier molecular flexibility index (Phi) is 9.67. The fourth-order valence-corrected chi connectivity index (χ4v) is 3.89. The lowest BCUT2D eigenvalue weighted by Crippen LogP contribution is -2.40. The number of nitrogens with one attached hydrogen (secondary N) is 2. The van der Waals surface area contributed by atoms with Gasteiger partial charge in [-0.2, -0.15) is 5.10 Å². The van der Waals surface area contributed by atoms with Gasteiger partial charge in [0.1, 0.15) is 0 Å².